The van der Waals surface area contributed by atoms with Gasteiger partial charge in [0.2, 0.25) is 11.8 Å². The van der Waals surface area contributed by atoms with Crippen molar-refractivity contribution in [3.63, 3.8) is 0 Å². The number of hydrogen-bond acceptors (Lipinski definition) is 6. The number of hydrogen-bond donors (Lipinski definition) is 3. The third kappa shape index (κ3) is 1.82. The lowest BCUT2D eigenvalue weighted by atomic mass is 10.4. The summed E-state index contributed by atoms with van der Waals surface area (Å²) >= 11 is 0. The molecule has 0 saturated carbocycles. The maximum Gasteiger partial charge on any atom is 0.242 e. The molecule has 4 N–H and O–H groups in total. The van der Waals surface area contributed by atoms with Gasteiger partial charge in [-0.3, -0.25) is 10.5 Å². The van der Waals surface area contributed by atoms with Gasteiger partial charge in [0.1, 0.15) is 5.39 Å². The van der Waals surface area contributed by atoms with E-state index in [2.05, 4.69) is 25.6 Å². The lowest BCUT2D eigenvalue weighted by molar-refractivity contribution is 0.309. The normalized spacial score (nSPS) is 10.5. The monoisotopic (exact) mass is 208 g/mol. The Bertz CT molecular complexity index is 453. The molecule has 7 heteroatoms. The second-order valence-electron chi connectivity index (χ2n) is 2.98. The first-order valence-corrected chi connectivity index (χ1v) is 4.65. The van der Waals surface area contributed by atoms with E-state index in [4.69, 9.17) is 10.6 Å². The molecule has 0 saturated heterocycles. The van der Waals surface area contributed by atoms with Gasteiger partial charge in [-0.05, 0) is 6.42 Å². The van der Waals surface area contributed by atoms with Gasteiger partial charge in [0.05, 0.1) is 12.8 Å². The largest absolute Gasteiger partial charge is 0.477 e. The van der Waals surface area contributed by atoms with E-state index < -0.39 is 0 Å². The van der Waals surface area contributed by atoms with E-state index in [-0.39, 0.29) is 0 Å². The van der Waals surface area contributed by atoms with Crippen molar-refractivity contribution < 1.29 is 4.74 Å². The first-order chi connectivity index (χ1) is 7.35. The Morgan fingerprint density at radius 3 is 3.13 bits per heavy atom. The third-order valence-electron chi connectivity index (χ3n) is 1.85. The molecule has 0 aliphatic carbocycles. The van der Waals surface area contributed by atoms with Crippen LogP contribution in [0.4, 0.5) is 5.95 Å². The van der Waals surface area contributed by atoms with Gasteiger partial charge in [-0.15, -0.1) is 0 Å². The lowest BCUT2D eigenvalue weighted by Gasteiger charge is -2.05. The zero-order chi connectivity index (χ0) is 10.7. The first kappa shape index (κ1) is 9.66. The third-order valence-corrected chi connectivity index (χ3v) is 1.85. The summed E-state index contributed by atoms with van der Waals surface area (Å²) < 4.78 is 5.46. The Balaban J connectivity index is 2.43. The van der Waals surface area contributed by atoms with Gasteiger partial charge >= 0.3 is 0 Å². The van der Waals surface area contributed by atoms with Gasteiger partial charge in [-0.1, -0.05) is 6.92 Å². The van der Waals surface area contributed by atoms with Gasteiger partial charge in [-0.25, -0.2) is 5.84 Å². The molecule has 0 radical (unpaired) electrons. The number of fused-ring (bicyclic) bond motifs is 1. The van der Waals surface area contributed by atoms with Crippen LogP contribution in [0, 0.1) is 0 Å². The van der Waals surface area contributed by atoms with Crippen molar-refractivity contribution in [3.8, 4) is 5.88 Å². The molecule has 2 aromatic rings. The highest BCUT2D eigenvalue weighted by Crippen LogP contribution is 2.21. The van der Waals surface area contributed by atoms with E-state index >= 15 is 0 Å². The number of anilines is 1. The number of aromatic nitrogens is 4. The number of nitrogens with zero attached hydrogens (tertiary/aromatic N) is 3. The fourth-order valence-electron chi connectivity index (χ4n) is 1.18. The van der Waals surface area contributed by atoms with Gasteiger partial charge in [0.25, 0.3) is 0 Å². The van der Waals surface area contributed by atoms with Crippen LogP contribution in [-0.2, 0) is 0 Å². The summed E-state index contributed by atoms with van der Waals surface area (Å²) in [6.07, 6.45) is 2.54. The van der Waals surface area contributed by atoms with Crippen molar-refractivity contribution in [2.75, 3.05) is 12.0 Å². The molecule has 2 rings (SSSR count). The number of H-pyrrole nitrogens is 1. The Hall–Kier alpha value is -1.89. The second-order valence-corrected chi connectivity index (χ2v) is 2.98. The molecule has 0 fully saturated rings. The highest BCUT2D eigenvalue weighted by Gasteiger charge is 2.09. The standard InChI is InChI=1S/C8H12N6O/c1-2-3-15-7-5-4-10-14-6(5)11-8(12-7)13-9/h4H,2-3,9H2,1H3,(H2,10,11,12,13,14). The highest BCUT2D eigenvalue weighted by atomic mass is 16.5. The van der Waals surface area contributed by atoms with E-state index in [1.165, 1.54) is 0 Å². The molecule has 0 bridgehead atoms. The molecule has 7 nitrogen and oxygen atoms in total. The Kier molecular flexibility index (Phi) is 2.64. The van der Waals surface area contributed by atoms with Crippen LogP contribution in [-0.4, -0.2) is 26.8 Å². The predicted octanol–water partition coefficient (Wildman–Crippen LogP) is 0.427. The fourth-order valence-corrected chi connectivity index (χ4v) is 1.18. The quantitative estimate of drug-likeness (QED) is 0.497. The van der Waals surface area contributed by atoms with E-state index in [0.29, 0.717) is 24.1 Å². The maximum absolute atomic E-state index is 5.46. The average Bonchev–Trinajstić information content (AvgIpc) is 2.73. The summed E-state index contributed by atoms with van der Waals surface area (Å²) in [6, 6.07) is 0. The predicted molar refractivity (Wildman–Crippen MR) is 55.3 cm³/mol. The van der Waals surface area contributed by atoms with Crippen LogP contribution in [0.1, 0.15) is 13.3 Å². The zero-order valence-electron chi connectivity index (χ0n) is 8.32. The van der Waals surface area contributed by atoms with Crippen LogP contribution >= 0.6 is 0 Å². The molecular weight excluding hydrogens is 196 g/mol. The SMILES string of the molecule is CCCOc1nc(NN)nc2[nH]ncc12. The maximum atomic E-state index is 5.46. The number of aromatic amines is 1. The van der Waals surface area contributed by atoms with Crippen LogP contribution in [0.5, 0.6) is 5.88 Å². The summed E-state index contributed by atoms with van der Waals surface area (Å²) in [7, 11) is 0. The van der Waals surface area contributed by atoms with Crippen molar-refractivity contribution in [2.45, 2.75) is 13.3 Å². The molecule has 80 valence electrons. The Morgan fingerprint density at radius 1 is 1.53 bits per heavy atom. The van der Waals surface area contributed by atoms with Crippen LogP contribution < -0.4 is 16.0 Å². The summed E-state index contributed by atoms with van der Waals surface area (Å²) in [5.41, 5.74) is 2.98. The topological polar surface area (TPSA) is 102 Å². The molecule has 0 atom stereocenters. The van der Waals surface area contributed by atoms with Crippen LogP contribution in [0.25, 0.3) is 11.0 Å². The minimum Gasteiger partial charge on any atom is -0.477 e. The van der Waals surface area contributed by atoms with Crippen LogP contribution in [0.15, 0.2) is 6.20 Å². The number of ether oxygens (including phenoxy) is 1. The molecule has 2 aromatic heterocycles. The number of nitrogen functional groups attached to an aromatic ring is 1. The fraction of sp³-hybridized carbons (Fsp3) is 0.375. The van der Waals surface area contributed by atoms with Gasteiger partial charge in [-0.2, -0.15) is 15.1 Å². The van der Waals surface area contributed by atoms with Crippen molar-refractivity contribution in [1.29, 1.82) is 0 Å². The van der Waals surface area contributed by atoms with E-state index in [1.54, 1.807) is 6.20 Å². The molecule has 0 amide bonds. The smallest absolute Gasteiger partial charge is 0.242 e. The number of nitrogens with one attached hydrogen (secondary N) is 2. The Labute approximate surface area is 86.0 Å². The van der Waals surface area contributed by atoms with Gasteiger partial charge in [0, 0.05) is 0 Å². The minimum absolute atomic E-state index is 0.304. The minimum atomic E-state index is 0.304. The summed E-state index contributed by atoms with van der Waals surface area (Å²) in [6.45, 7) is 2.62. The molecule has 0 spiro atoms. The van der Waals surface area contributed by atoms with Gasteiger partial charge < -0.3 is 4.74 Å². The van der Waals surface area contributed by atoms with Crippen molar-refractivity contribution in [1.82, 2.24) is 20.2 Å². The van der Waals surface area contributed by atoms with Crippen molar-refractivity contribution in [2.24, 2.45) is 5.84 Å². The molecule has 0 aliphatic heterocycles. The van der Waals surface area contributed by atoms with Crippen molar-refractivity contribution in [3.05, 3.63) is 6.20 Å². The van der Waals surface area contributed by atoms with E-state index in [0.717, 1.165) is 11.8 Å². The average molecular weight is 208 g/mol. The lowest BCUT2D eigenvalue weighted by Crippen LogP contribution is -2.11. The van der Waals surface area contributed by atoms with E-state index in [1.807, 2.05) is 6.92 Å². The molecule has 0 aromatic carbocycles. The Morgan fingerprint density at radius 2 is 2.40 bits per heavy atom. The zero-order valence-corrected chi connectivity index (χ0v) is 8.32. The van der Waals surface area contributed by atoms with Crippen LogP contribution in [0.2, 0.25) is 0 Å². The first-order valence-electron chi connectivity index (χ1n) is 4.65. The molecule has 0 unspecified atom stereocenters. The van der Waals surface area contributed by atoms with Gasteiger partial charge in [0.15, 0.2) is 5.65 Å². The molecule has 15 heavy (non-hydrogen) atoms. The number of hydrazine groups is 1. The second kappa shape index (κ2) is 4.09. The number of nitrogens with two attached hydrogens (primary N) is 1. The van der Waals surface area contributed by atoms with E-state index in [9.17, 15) is 0 Å². The number of rotatable bonds is 4. The molecule has 0 aliphatic rings. The van der Waals surface area contributed by atoms with Crippen molar-refractivity contribution >= 4 is 17.0 Å². The van der Waals surface area contributed by atoms with Crippen LogP contribution in [0.3, 0.4) is 0 Å². The molecule has 2 heterocycles. The summed E-state index contributed by atoms with van der Waals surface area (Å²) in [5.74, 6) is 6.04. The highest BCUT2D eigenvalue weighted by molar-refractivity contribution is 5.80. The molecular formula is C8H12N6O. The summed E-state index contributed by atoms with van der Waals surface area (Å²) in [4.78, 5) is 8.18. The summed E-state index contributed by atoms with van der Waals surface area (Å²) in [5, 5.41) is 7.36.